The average Bonchev–Trinajstić information content (AvgIpc) is 2.92. The number of aromatic nitrogens is 2. The number of carbonyl (C=O) groups is 1. The summed E-state index contributed by atoms with van der Waals surface area (Å²) in [6, 6.07) is 7.18. The van der Waals surface area contributed by atoms with Crippen LogP contribution in [0.5, 0.6) is 0 Å². The minimum absolute atomic E-state index is 0.180. The maximum absolute atomic E-state index is 12.4. The molecule has 1 aromatic carbocycles. The van der Waals surface area contributed by atoms with Gasteiger partial charge in [-0.2, -0.15) is 0 Å². The molecule has 0 radical (unpaired) electrons. The van der Waals surface area contributed by atoms with Crippen LogP contribution in [0.25, 0.3) is 10.2 Å². The third-order valence-corrected chi connectivity index (χ3v) is 6.03. The van der Waals surface area contributed by atoms with E-state index in [0.717, 1.165) is 10.4 Å². The molecule has 8 heteroatoms. The van der Waals surface area contributed by atoms with Crippen molar-refractivity contribution >= 4 is 56.5 Å². The molecule has 0 spiro atoms. The molecule has 1 amide bonds. The van der Waals surface area contributed by atoms with E-state index in [0.29, 0.717) is 26.1 Å². The van der Waals surface area contributed by atoms with E-state index in [1.54, 1.807) is 25.1 Å². The van der Waals surface area contributed by atoms with Crippen molar-refractivity contribution in [2.75, 3.05) is 5.32 Å². The summed E-state index contributed by atoms with van der Waals surface area (Å²) in [5, 5.41) is 4.05. The van der Waals surface area contributed by atoms with Crippen LogP contribution in [0.3, 0.4) is 0 Å². The lowest BCUT2D eigenvalue weighted by Gasteiger charge is -2.13. The van der Waals surface area contributed by atoms with Crippen molar-refractivity contribution < 1.29 is 4.79 Å². The molecule has 5 nitrogen and oxygen atoms in total. The van der Waals surface area contributed by atoms with Gasteiger partial charge < -0.3 is 10.3 Å². The number of carbonyl (C=O) groups excluding carboxylic acids is 1. The van der Waals surface area contributed by atoms with Gasteiger partial charge >= 0.3 is 0 Å². The fourth-order valence-corrected chi connectivity index (χ4v) is 4.20. The Morgan fingerprint density at radius 2 is 2.16 bits per heavy atom. The van der Waals surface area contributed by atoms with Gasteiger partial charge in [0.05, 0.1) is 10.6 Å². The Balaban J connectivity index is 1.77. The van der Waals surface area contributed by atoms with Crippen molar-refractivity contribution in [3.8, 4) is 0 Å². The number of hydrogen-bond donors (Lipinski definition) is 2. The third-order valence-electron chi connectivity index (χ3n) is 3.69. The second-order valence-electron chi connectivity index (χ2n) is 5.61. The smallest absolute Gasteiger partial charge is 0.260 e. The van der Waals surface area contributed by atoms with Gasteiger partial charge in [-0.05, 0) is 44.5 Å². The Morgan fingerprint density at radius 3 is 2.92 bits per heavy atom. The highest BCUT2D eigenvalue weighted by molar-refractivity contribution is 8.00. The highest BCUT2D eigenvalue weighted by atomic mass is 35.5. The third kappa shape index (κ3) is 3.89. The van der Waals surface area contributed by atoms with Crippen LogP contribution in [0.2, 0.25) is 5.02 Å². The Hall–Kier alpha value is -1.83. The van der Waals surface area contributed by atoms with Gasteiger partial charge in [-0.25, -0.2) is 4.98 Å². The number of thioether (sulfide) groups is 1. The lowest BCUT2D eigenvalue weighted by Crippen LogP contribution is -2.23. The molecule has 2 heterocycles. The van der Waals surface area contributed by atoms with Crippen LogP contribution in [-0.4, -0.2) is 21.1 Å². The molecule has 0 saturated carbocycles. The maximum atomic E-state index is 12.4. The van der Waals surface area contributed by atoms with Crippen molar-refractivity contribution in [3.63, 3.8) is 0 Å². The number of H-pyrrole nitrogens is 1. The number of halogens is 1. The zero-order valence-corrected chi connectivity index (χ0v) is 16.2. The summed E-state index contributed by atoms with van der Waals surface area (Å²) in [5.74, 6) is -0.180. The average molecular weight is 394 g/mol. The molecule has 0 bridgehead atoms. The van der Waals surface area contributed by atoms with Crippen LogP contribution in [0.15, 0.2) is 34.2 Å². The molecule has 1 unspecified atom stereocenters. The fourth-order valence-electron chi connectivity index (χ4n) is 2.29. The lowest BCUT2D eigenvalue weighted by atomic mass is 10.2. The summed E-state index contributed by atoms with van der Waals surface area (Å²) in [5.41, 5.74) is 1.31. The van der Waals surface area contributed by atoms with E-state index in [1.165, 1.54) is 23.1 Å². The van der Waals surface area contributed by atoms with Crippen LogP contribution >= 0.6 is 34.7 Å². The standard InChI is InChI=1S/C17H16ClN3O2S2/c1-8-7-11-15(23)20-17(21-16(11)24-8)25-10(3)14(22)19-13-6-4-5-12(18)9(13)2/h4-7,10H,1-3H3,(H,19,22)(H,20,21,23). The maximum Gasteiger partial charge on any atom is 0.260 e. The Bertz CT molecular complexity index is 1010. The summed E-state index contributed by atoms with van der Waals surface area (Å²) < 4.78 is 0. The van der Waals surface area contributed by atoms with E-state index in [-0.39, 0.29) is 11.5 Å². The minimum Gasteiger partial charge on any atom is -0.325 e. The Labute approximate surface area is 157 Å². The first-order chi connectivity index (χ1) is 11.8. The molecule has 2 aromatic heterocycles. The summed E-state index contributed by atoms with van der Waals surface area (Å²) in [7, 11) is 0. The highest BCUT2D eigenvalue weighted by Gasteiger charge is 2.18. The summed E-state index contributed by atoms with van der Waals surface area (Å²) in [4.78, 5) is 33.4. The van der Waals surface area contributed by atoms with Crippen molar-refractivity contribution in [3.05, 3.63) is 50.1 Å². The molecule has 1 atom stereocenters. The molecule has 0 aliphatic carbocycles. The number of fused-ring (bicyclic) bond motifs is 1. The van der Waals surface area contributed by atoms with Crippen molar-refractivity contribution in [2.45, 2.75) is 31.2 Å². The lowest BCUT2D eigenvalue weighted by molar-refractivity contribution is -0.115. The van der Waals surface area contributed by atoms with E-state index in [1.807, 2.05) is 19.9 Å². The molecule has 0 aliphatic rings. The van der Waals surface area contributed by atoms with Crippen LogP contribution in [0.4, 0.5) is 5.69 Å². The predicted molar refractivity (Wildman–Crippen MR) is 105 cm³/mol. The molecule has 2 N–H and O–H groups in total. The number of aromatic amines is 1. The summed E-state index contributed by atoms with van der Waals surface area (Å²) >= 11 is 8.75. The number of benzene rings is 1. The largest absolute Gasteiger partial charge is 0.325 e. The van der Waals surface area contributed by atoms with Gasteiger partial charge in [-0.3, -0.25) is 9.59 Å². The second kappa shape index (κ2) is 7.19. The van der Waals surface area contributed by atoms with Gasteiger partial charge in [0.25, 0.3) is 5.56 Å². The van der Waals surface area contributed by atoms with Crippen LogP contribution in [-0.2, 0) is 4.79 Å². The first-order valence-electron chi connectivity index (χ1n) is 7.58. The molecule has 25 heavy (non-hydrogen) atoms. The number of nitrogens with one attached hydrogen (secondary N) is 2. The quantitative estimate of drug-likeness (QED) is 0.509. The van der Waals surface area contributed by atoms with Gasteiger partial charge in [0.15, 0.2) is 5.16 Å². The number of thiophene rings is 1. The Kier molecular flexibility index (Phi) is 5.17. The van der Waals surface area contributed by atoms with E-state index >= 15 is 0 Å². The van der Waals surface area contributed by atoms with E-state index in [4.69, 9.17) is 11.6 Å². The van der Waals surface area contributed by atoms with Crippen molar-refractivity contribution in [1.29, 1.82) is 0 Å². The van der Waals surface area contributed by atoms with E-state index < -0.39 is 5.25 Å². The predicted octanol–water partition coefficient (Wildman–Crippen LogP) is 4.37. The molecule has 3 aromatic rings. The number of hydrogen-bond acceptors (Lipinski definition) is 5. The number of aryl methyl sites for hydroxylation is 1. The molecule has 0 fully saturated rings. The molecular weight excluding hydrogens is 378 g/mol. The van der Waals surface area contributed by atoms with Gasteiger partial charge in [-0.1, -0.05) is 29.4 Å². The van der Waals surface area contributed by atoms with Crippen LogP contribution in [0.1, 0.15) is 17.4 Å². The normalized spacial score (nSPS) is 12.3. The van der Waals surface area contributed by atoms with Crippen molar-refractivity contribution in [2.24, 2.45) is 0 Å². The first-order valence-corrected chi connectivity index (χ1v) is 9.65. The molecule has 0 aliphatic heterocycles. The summed E-state index contributed by atoms with van der Waals surface area (Å²) in [6.45, 7) is 5.55. The number of amides is 1. The number of anilines is 1. The SMILES string of the molecule is Cc1cc2c(=O)[nH]c(SC(C)C(=O)Nc3cccc(Cl)c3C)nc2s1. The molecule has 130 valence electrons. The van der Waals surface area contributed by atoms with Gasteiger partial charge in [0.2, 0.25) is 5.91 Å². The topological polar surface area (TPSA) is 74.8 Å². The summed E-state index contributed by atoms with van der Waals surface area (Å²) in [6.07, 6.45) is 0. The highest BCUT2D eigenvalue weighted by Crippen LogP contribution is 2.27. The van der Waals surface area contributed by atoms with E-state index in [9.17, 15) is 9.59 Å². The zero-order chi connectivity index (χ0) is 18.1. The van der Waals surface area contributed by atoms with Crippen LogP contribution < -0.4 is 10.9 Å². The number of rotatable bonds is 4. The van der Waals surface area contributed by atoms with E-state index in [2.05, 4.69) is 15.3 Å². The Morgan fingerprint density at radius 1 is 1.40 bits per heavy atom. The molecular formula is C17H16ClN3O2S2. The second-order valence-corrected chi connectivity index (χ2v) is 8.58. The first kappa shape index (κ1) is 18.0. The monoisotopic (exact) mass is 393 g/mol. The van der Waals surface area contributed by atoms with Gasteiger partial charge in [0, 0.05) is 15.6 Å². The van der Waals surface area contributed by atoms with Gasteiger partial charge in [0.1, 0.15) is 4.83 Å². The molecule has 0 saturated heterocycles. The zero-order valence-electron chi connectivity index (χ0n) is 13.8. The van der Waals surface area contributed by atoms with Crippen LogP contribution in [0, 0.1) is 13.8 Å². The minimum atomic E-state index is -0.431. The van der Waals surface area contributed by atoms with Crippen molar-refractivity contribution in [1.82, 2.24) is 9.97 Å². The van der Waals surface area contributed by atoms with Gasteiger partial charge in [-0.15, -0.1) is 11.3 Å². The fraction of sp³-hybridized carbons (Fsp3) is 0.235. The number of nitrogens with zero attached hydrogens (tertiary/aromatic N) is 1. The molecule has 3 rings (SSSR count).